The lowest BCUT2D eigenvalue weighted by molar-refractivity contribution is -0.132. The van der Waals surface area contributed by atoms with Crippen LogP contribution in [0.15, 0.2) is 24.5 Å². The minimum atomic E-state index is 0.0925. The number of tetrazole rings is 1. The van der Waals surface area contributed by atoms with Crippen LogP contribution in [0.1, 0.15) is 49.5 Å². The summed E-state index contributed by atoms with van der Waals surface area (Å²) in [7, 11) is 0. The Morgan fingerprint density at radius 3 is 2.85 bits per heavy atom. The van der Waals surface area contributed by atoms with Crippen LogP contribution in [0.5, 0.6) is 0 Å². The van der Waals surface area contributed by atoms with Gasteiger partial charge < -0.3 is 4.90 Å². The van der Waals surface area contributed by atoms with E-state index in [1.165, 1.54) is 19.2 Å². The molecule has 0 radical (unpaired) electrons. The number of aryl methyl sites for hydroxylation is 1. The Kier molecular flexibility index (Phi) is 5.19. The van der Waals surface area contributed by atoms with Gasteiger partial charge in [0.1, 0.15) is 6.33 Å². The summed E-state index contributed by atoms with van der Waals surface area (Å²) in [6, 6.07) is 6.33. The summed E-state index contributed by atoms with van der Waals surface area (Å²) in [6.07, 6.45) is 6.53. The van der Waals surface area contributed by atoms with Crippen LogP contribution in [-0.2, 0) is 17.9 Å². The van der Waals surface area contributed by atoms with E-state index >= 15 is 0 Å². The quantitative estimate of drug-likeness (QED) is 0.780. The van der Waals surface area contributed by atoms with Gasteiger partial charge in [0.2, 0.25) is 5.91 Å². The summed E-state index contributed by atoms with van der Waals surface area (Å²) in [5.41, 5.74) is 2.13. The molecule has 4 rings (SSSR count). The summed E-state index contributed by atoms with van der Waals surface area (Å²) in [5.74, 6) is 0.148. The van der Waals surface area contributed by atoms with Crippen LogP contribution in [0.3, 0.4) is 0 Å². The number of likely N-dealkylation sites (tertiary alicyclic amines) is 2. The van der Waals surface area contributed by atoms with Crippen LogP contribution in [0.2, 0.25) is 0 Å². The maximum absolute atomic E-state index is 12.7. The minimum absolute atomic E-state index is 0.0925. The first kappa shape index (κ1) is 17.1. The second kappa shape index (κ2) is 7.90. The first-order valence-corrected chi connectivity index (χ1v) is 9.48. The maximum Gasteiger partial charge on any atom is 0.225 e. The number of pyridine rings is 1. The van der Waals surface area contributed by atoms with Crippen molar-refractivity contribution < 1.29 is 4.79 Å². The molecule has 2 aromatic rings. The normalized spacial score (nSPS) is 20.8. The van der Waals surface area contributed by atoms with Gasteiger partial charge in [0.25, 0.3) is 0 Å². The third-order valence-electron chi connectivity index (χ3n) is 5.27. The second-order valence-electron chi connectivity index (χ2n) is 7.11. The topological polar surface area (TPSA) is 80.0 Å². The zero-order valence-corrected chi connectivity index (χ0v) is 15.0. The van der Waals surface area contributed by atoms with Crippen molar-refractivity contribution in [3.63, 3.8) is 0 Å². The molecule has 8 heteroatoms. The van der Waals surface area contributed by atoms with Gasteiger partial charge in [-0.05, 0) is 61.3 Å². The van der Waals surface area contributed by atoms with Crippen molar-refractivity contribution in [1.82, 2.24) is 35.0 Å². The van der Waals surface area contributed by atoms with Crippen LogP contribution in [0.25, 0.3) is 0 Å². The molecule has 4 heterocycles. The van der Waals surface area contributed by atoms with Gasteiger partial charge in [-0.3, -0.25) is 14.7 Å². The fourth-order valence-electron chi connectivity index (χ4n) is 3.95. The summed E-state index contributed by atoms with van der Waals surface area (Å²) < 4.78 is 1.60. The Bertz CT molecular complexity index is 727. The number of carbonyl (C=O) groups is 1. The van der Waals surface area contributed by atoms with E-state index in [1.807, 2.05) is 4.90 Å². The Balaban J connectivity index is 1.41. The van der Waals surface area contributed by atoms with Crippen molar-refractivity contribution in [2.45, 2.75) is 51.2 Å². The molecule has 138 valence electrons. The Hall–Kier alpha value is -2.35. The van der Waals surface area contributed by atoms with E-state index in [0.29, 0.717) is 13.0 Å². The van der Waals surface area contributed by atoms with E-state index in [9.17, 15) is 4.79 Å². The average Bonchev–Trinajstić information content (AvgIpc) is 3.41. The van der Waals surface area contributed by atoms with Gasteiger partial charge in [-0.2, -0.15) is 0 Å². The fourth-order valence-corrected chi connectivity index (χ4v) is 3.95. The van der Waals surface area contributed by atoms with Crippen molar-refractivity contribution in [1.29, 1.82) is 0 Å². The Labute approximate surface area is 153 Å². The van der Waals surface area contributed by atoms with Gasteiger partial charge in [0.15, 0.2) is 0 Å². The molecule has 0 aliphatic carbocycles. The van der Waals surface area contributed by atoms with E-state index < -0.39 is 0 Å². The largest absolute Gasteiger partial charge is 0.334 e. The Morgan fingerprint density at radius 1 is 1.15 bits per heavy atom. The lowest BCUT2D eigenvalue weighted by Crippen LogP contribution is -2.32. The number of hydrogen-bond donors (Lipinski definition) is 0. The number of amides is 1. The fraction of sp³-hybridized carbons (Fsp3) is 0.611. The third-order valence-corrected chi connectivity index (χ3v) is 5.27. The predicted molar refractivity (Wildman–Crippen MR) is 94.9 cm³/mol. The minimum Gasteiger partial charge on any atom is -0.334 e. The van der Waals surface area contributed by atoms with Gasteiger partial charge in [-0.1, -0.05) is 6.07 Å². The van der Waals surface area contributed by atoms with E-state index in [2.05, 4.69) is 38.6 Å². The summed E-state index contributed by atoms with van der Waals surface area (Å²) in [4.78, 5) is 22.0. The monoisotopic (exact) mass is 355 g/mol. The number of rotatable bonds is 6. The molecule has 26 heavy (non-hydrogen) atoms. The lowest BCUT2D eigenvalue weighted by atomic mass is 10.1. The summed E-state index contributed by atoms with van der Waals surface area (Å²) in [5, 5.41) is 11.0. The molecule has 8 nitrogen and oxygen atoms in total. The van der Waals surface area contributed by atoms with Crippen LogP contribution in [0, 0.1) is 0 Å². The van der Waals surface area contributed by atoms with Crippen molar-refractivity contribution in [2.75, 3.05) is 19.6 Å². The molecule has 0 bridgehead atoms. The van der Waals surface area contributed by atoms with E-state index in [0.717, 1.165) is 50.4 Å². The Morgan fingerprint density at radius 2 is 2.04 bits per heavy atom. The second-order valence-corrected chi connectivity index (χ2v) is 7.11. The molecule has 0 aromatic carbocycles. The lowest BCUT2D eigenvalue weighted by Gasteiger charge is -2.25. The zero-order chi connectivity index (χ0) is 17.8. The van der Waals surface area contributed by atoms with Crippen LogP contribution >= 0.6 is 0 Å². The molecular formula is C18H25N7O. The van der Waals surface area contributed by atoms with Gasteiger partial charge in [-0.25, -0.2) is 4.68 Å². The highest BCUT2D eigenvalue weighted by atomic mass is 16.2. The number of carbonyl (C=O) groups excluding carboxylic acids is 1. The molecule has 2 aromatic heterocycles. The molecule has 2 aliphatic heterocycles. The van der Waals surface area contributed by atoms with Crippen molar-refractivity contribution in [3.8, 4) is 0 Å². The van der Waals surface area contributed by atoms with Crippen LogP contribution in [0.4, 0.5) is 0 Å². The molecule has 1 unspecified atom stereocenters. The van der Waals surface area contributed by atoms with Gasteiger partial charge in [0.05, 0.1) is 24.0 Å². The van der Waals surface area contributed by atoms with Gasteiger partial charge >= 0.3 is 0 Å². The number of aromatic nitrogens is 5. The molecule has 1 amide bonds. The predicted octanol–water partition coefficient (Wildman–Crippen LogP) is 1.42. The molecular weight excluding hydrogens is 330 g/mol. The van der Waals surface area contributed by atoms with E-state index in [1.54, 1.807) is 4.68 Å². The molecule has 2 saturated heterocycles. The van der Waals surface area contributed by atoms with Crippen molar-refractivity contribution >= 4 is 5.91 Å². The van der Waals surface area contributed by atoms with E-state index in [-0.39, 0.29) is 11.9 Å². The smallest absolute Gasteiger partial charge is 0.225 e. The highest BCUT2D eigenvalue weighted by molar-refractivity contribution is 5.76. The van der Waals surface area contributed by atoms with Gasteiger partial charge in [-0.15, -0.1) is 5.10 Å². The number of nitrogens with zero attached hydrogens (tertiary/aromatic N) is 7. The molecule has 0 spiro atoms. The summed E-state index contributed by atoms with van der Waals surface area (Å²) in [6.45, 7) is 4.55. The molecule has 1 atom stereocenters. The third kappa shape index (κ3) is 3.90. The first-order valence-electron chi connectivity index (χ1n) is 9.48. The first-order chi connectivity index (χ1) is 12.8. The highest BCUT2D eigenvalue weighted by Gasteiger charge is 2.30. The SMILES string of the molecule is O=C(CCn1cnnn1)N1CCCC1c1cccc(CN2CCCC2)n1. The van der Waals surface area contributed by atoms with Crippen molar-refractivity contribution in [2.24, 2.45) is 0 Å². The van der Waals surface area contributed by atoms with Gasteiger partial charge in [0, 0.05) is 19.5 Å². The number of hydrogen-bond acceptors (Lipinski definition) is 6. The average molecular weight is 355 g/mol. The molecule has 2 fully saturated rings. The molecule has 2 aliphatic rings. The van der Waals surface area contributed by atoms with Crippen LogP contribution < -0.4 is 0 Å². The molecule has 0 saturated carbocycles. The maximum atomic E-state index is 12.7. The van der Waals surface area contributed by atoms with E-state index in [4.69, 9.17) is 4.98 Å². The molecule has 0 N–H and O–H groups in total. The highest BCUT2D eigenvalue weighted by Crippen LogP contribution is 2.31. The van der Waals surface area contributed by atoms with Crippen molar-refractivity contribution in [3.05, 3.63) is 35.9 Å². The zero-order valence-electron chi connectivity index (χ0n) is 15.0. The van der Waals surface area contributed by atoms with Crippen LogP contribution in [-0.4, -0.2) is 60.5 Å². The standard InChI is InChI=1S/C18H25N7O/c26-18(8-12-24-14-19-21-22-24)25-11-4-7-17(25)16-6-3-5-15(20-16)13-23-9-1-2-10-23/h3,5-6,14,17H,1-2,4,7-13H2. The summed E-state index contributed by atoms with van der Waals surface area (Å²) >= 11 is 0.